The number of benzene rings is 1. The van der Waals surface area contributed by atoms with Gasteiger partial charge < -0.3 is 10.4 Å². The largest absolute Gasteiger partial charge is 0.481 e. The van der Waals surface area contributed by atoms with Gasteiger partial charge in [0.1, 0.15) is 5.82 Å². The first kappa shape index (κ1) is 15.1. The van der Waals surface area contributed by atoms with E-state index in [1.807, 2.05) is 0 Å². The van der Waals surface area contributed by atoms with Gasteiger partial charge in [0, 0.05) is 24.5 Å². The Balaban J connectivity index is 2.20. The van der Waals surface area contributed by atoms with Crippen LogP contribution in [-0.2, 0) is 11.0 Å². The molecule has 0 atom stereocenters. The Bertz CT molecular complexity index is 656. The van der Waals surface area contributed by atoms with Gasteiger partial charge in [0.25, 0.3) is 0 Å². The third-order valence-corrected chi connectivity index (χ3v) is 2.95. The fourth-order valence-corrected chi connectivity index (χ4v) is 1.94. The highest BCUT2D eigenvalue weighted by atomic mass is 19.4. The monoisotopic (exact) mass is 298 g/mol. The van der Waals surface area contributed by atoms with Gasteiger partial charge in [-0.25, -0.2) is 4.98 Å². The van der Waals surface area contributed by atoms with Crippen molar-refractivity contribution in [2.24, 2.45) is 0 Å². The van der Waals surface area contributed by atoms with E-state index < -0.39 is 17.7 Å². The second-order valence-electron chi connectivity index (χ2n) is 4.52. The smallest absolute Gasteiger partial charge is 0.416 e. The highest BCUT2D eigenvalue weighted by Gasteiger charge is 2.30. The van der Waals surface area contributed by atoms with Crippen molar-refractivity contribution < 1.29 is 23.1 Å². The summed E-state index contributed by atoms with van der Waals surface area (Å²) in [5.74, 6) is -0.441. The molecule has 0 aliphatic rings. The highest BCUT2D eigenvalue weighted by molar-refractivity contribution is 5.92. The molecular formula is C14H13F3N2O2. The number of anilines is 1. The molecule has 21 heavy (non-hydrogen) atoms. The van der Waals surface area contributed by atoms with Crippen LogP contribution in [0.2, 0.25) is 0 Å². The summed E-state index contributed by atoms with van der Waals surface area (Å²) < 4.78 is 38.0. The van der Waals surface area contributed by atoms with E-state index in [1.165, 1.54) is 18.3 Å². The molecule has 112 valence electrons. The fraction of sp³-hybridized carbons (Fsp3) is 0.286. The van der Waals surface area contributed by atoms with E-state index in [9.17, 15) is 18.0 Å². The second kappa shape index (κ2) is 5.99. The van der Waals surface area contributed by atoms with Crippen molar-refractivity contribution in [3.63, 3.8) is 0 Å². The van der Waals surface area contributed by atoms with Gasteiger partial charge in [0.05, 0.1) is 5.56 Å². The molecule has 1 aromatic carbocycles. The fourth-order valence-electron chi connectivity index (χ4n) is 1.94. The van der Waals surface area contributed by atoms with Gasteiger partial charge in [-0.2, -0.15) is 13.2 Å². The number of halogens is 3. The normalized spacial score (nSPS) is 11.6. The van der Waals surface area contributed by atoms with E-state index in [0.29, 0.717) is 29.6 Å². The number of fused-ring (bicyclic) bond motifs is 1. The number of carboxylic acids is 1. The van der Waals surface area contributed by atoms with E-state index in [-0.39, 0.29) is 6.42 Å². The van der Waals surface area contributed by atoms with Crippen LogP contribution < -0.4 is 5.32 Å². The molecule has 0 saturated carbocycles. The maximum atomic E-state index is 12.7. The number of aromatic nitrogens is 1. The number of rotatable bonds is 5. The first-order chi connectivity index (χ1) is 9.88. The molecule has 1 heterocycles. The van der Waals surface area contributed by atoms with Gasteiger partial charge in [-0.15, -0.1) is 0 Å². The molecule has 2 aromatic rings. The molecule has 2 N–H and O–H groups in total. The topological polar surface area (TPSA) is 62.2 Å². The molecule has 0 aliphatic heterocycles. The number of hydrogen-bond donors (Lipinski definition) is 2. The van der Waals surface area contributed by atoms with Crippen molar-refractivity contribution in [1.29, 1.82) is 0 Å². The van der Waals surface area contributed by atoms with Crippen LogP contribution in [0.1, 0.15) is 18.4 Å². The lowest BCUT2D eigenvalue weighted by Gasteiger charge is -2.11. The minimum absolute atomic E-state index is 0.0238. The number of hydrogen-bond acceptors (Lipinski definition) is 3. The summed E-state index contributed by atoms with van der Waals surface area (Å²) >= 11 is 0. The van der Waals surface area contributed by atoms with Crippen LogP contribution in [0.5, 0.6) is 0 Å². The number of pyridine rings is 1. The average molecular weight is 298 g/mol. The summed E-state index contributed by atoms with van der Waals surface area (Å²) in [4.78, 5) is 14.5. The van der Waals surface area contributed by atoms with Crippen LogP contribution in [0.3, 0.4) is 0 Å². The van der Waals surface area contributed by atoms with Crippen molar-refractivity contribution in [3.8, 4) is 0 Å². The molecule has 4 nitrogen and oxygen atoms in total. The molecule has 0 fully saturated rings. The van der Waals surface area contributed by atoms with Gasteiger partial charge in [0.15, 0.2) is 0 Å². The number of nitrogens with zero attached hydrogens (tertiary/aromatic N) is 1. The van der Waals surface area contributed by atoms with Crippen LogP contribution in [0.15, 0.2) is 30.5 Å². The third kappa shape index (κ3) is 3.84. The number of nitrogens with one attached hydrogen (secondary N) is 1. The van der Waals surface area contributed by atoms with Crippen molar-refractivity contribution in [2.75, 3.05) is 11.9 Å². The molecule has 0 amide bonds. The quantitative estimate of drug-likeness (QED) is 0.829. The van der Waals surface area contributed by atoms with E-state index in [0.717, 1.165) is 12.1 Å². The summed E-state index contributed by atoms with van der Waals surface area (Å²) in [5.41, 5.74) is -0.710. The van der Waals surface area contributed by atoms with Crippen LogP contribution in [-0.4, -0.2) is 22.6 Å². The Morgan fingerprint density at radius 1 is 1.29 bits per heavy atom. The van der Waals surface area contributed by atoms with Crippen LogP contribution in [0.4, 0.5) is 19.0 Å². The summed E-state index contributed by atoms with van der Waals surface area (Å²) in [6.07, 6.45) is -2.53. The molecule has 7 heteroatoms. The van der Waals surface area contributed by atoms with E-state index >= 15 is 0 Å². The maximum Gasteiger partial charge on any atom is 0.416 e. The minimum Gasteiger partial charge on any atom is -0.481 e. The molecule has 0 saturated heterocycles. The molecular weight excluding hydrogens is 285 g/mol. The zero-order chi connectivity index (χ0) is 15.5. The lowest BCUT2D eigenvalue weighted by Crippen LogP contribution is -2.07. The molecule has 0 aliphatic carbocycles. The van der Waals surface area contributed by atoms with Gasteiger partial charge >= 0.3 is 12.1 Å². The van der Waals surface area contributed by atoms with E-state index in [1.54, 1.807) is 0 Å². The lowest BCUT2D eigenvalue weighted by molar-refractivity contribution is -0.138. The summed E-state index contributed by atoms with van der Waals surface area (Å²) in [6.45, 7) is 0.388. The van der Waals surface area contributed by atoms with Gasteiger partial charge in [0.2, 0.25) is 0 Å². The molecule has 0 unspecified atom stereocenters. The first-order valence-electron chi connectivity index (χ1n) is 6.29. The molecule has 2 rings (SSSR count). The summed E-state index contributed by atoms with van der Waals surface area (Å²) in [5, 5.41) is 12.5. The third-order valence-electron chi connectivity index (χ3n) is 2.95. The Labute approximate surface area is 118 Å². The molecule has 0 spiro atoms. The second-order valence-corrected chi connectivity index (χ2v) is 4.52. The van der Waals surface area contributed by atoms with Crippen LogP contribution >= 0.6 is 0 Å². The van der Waals surface area contributed by atoms with Crippen molar-refractivity contribution in [1.82, 2.24) is 4.98 Å². The van der Waals surface area contributed by atoms with E-state index in [4.69, 9.17) is 5.11 Å². The van der Waals surface area contributed by atoms with Crippen LogP contribution in [0, 0.1) is 0 Å². The molecule has 1 aromatic heterocycles. The summed E-state index contributed by atoms with van der Waals surface area (Å²) in [6, 6.07) is 4.95. The minimum atomic E-state index is -4.38. The van der Waals surface area contributed by atoms with Gasteiger partial charge in [-0.1, -0.05) is 6.07 Å². The molecule has 0 radical (unpaired) electrons. The molecule has 0 bridgehead atoms. The zero-order valence-electron chi connectivity index (χ0n) is 10.9. The number of carboxylic acid groups (broad SMARTS) is 1. The standard InChI is InChI=1S/C14H13F3N2O2/c15-14(16,17)10-3-4-11-9(8-10)5-7-19-13(11)18-6-1-2-12(20)21/h3-5,7-8H,1-2,6H2,(H,18,19)(H,20,21). The number of carbonyl (C=O) groups is 1. The first-order valence-corrected chi connectivity index (χ1v) is 6.29. The maximum absolute atomic E-state index is 12.7. The average Bonchev–Trinajstić information content (AvgIpc) is 2.42. The Hall–Kier alpha value is -2.31. The Kier molecular flexibility index (Phi) is 4.30. The number of alkyl halides is 3. The highest BCUT2D eigenvalue weighted by Crippen LogP contribution is 2.32. The number of aliphatic carboxylic acids is 1. The van der Waals surface area contributed by atoms with Crippen LogP contribution in [0.25, 0.3) is 10.8 Å². The SMILES string of the molecule is O=C(O)CCCNc1nccc2cc(C(F)(F)F)ccc12. The predicted octanol–water partition coefficient (Wildman–Crippen LogP) is 3.53. The van der Waals surface area contributed by atoms with E-state index in [2.05, 4.69) is 10.3 Å². The van der Waals surface area contributed by atoms with Crippen molar-refractivity contribution in [3.05, 3.63) is 36.0 Å². The lowest BCUT2D eigenvalue weighted by atomic mass is 10.1. The van der Waals surface area contributed by atoms with Crippen molar-refractivity contribution in [2.45, 2.75) is 19.0 Å². The predicted molar refractivity (Wildman–Crippen MR) is 72.1 cm³/mol. The summed E-state index contributed by atoms with van der Waals surface area (Å²) in [7, 11) is 0. The van der Waals surface area contributed by atoms with Gasteiger partial charge in [-0.3, -0.25) is 4.79 Å². The Morgan fingerprint density at radius 3 is 2.71 bits per heavy atom. The zero-order valence-corrected chi connectivity index (χ0v) is 10.9. The Morgan fingerprint density at radius 2 is 2.05 bits per heavy atom. The van der Waals surface area contributed by atoms with Gasteiger partial charge in [-0.05, 0) is 30.0 Å². The van der Waals surface area contributed by atoms with Crippen molar-refractivity contribution >= 4 is 22.6 Å².